The molecule has 67 heavy (non-hydrogen) atoms. The van der Waals surface area contributed by atoms with Crippen molar-refractivity contribution in [3.8, 4) is 34.4 Å². The number of fused-ring (bicyclic) bond motifs is 14. The van der Waals surface area contributed by atoms with Gasteiger partial charge in [0.15, 0.2) is 0 Å². The molecule has 0 aromatic heterocycles. The Morgan fingerprint density at radius 3 is 1.39 bits per heavy atom. The van der Waals surface area contributed by atoms with Crippen molar-refractivity contribution in [3.05, 3.63) is 264 Å². The Kier molecular flexibility index (Phi) is 8.52. The first kappa shape index (κ1) is 38.3. The third-order valence-electron chi connectivity index (χ3n) is 14.1. The largest absolute Gasteiger partial charge is 0.309 e. The van der Waals surface area contributed by atoms with Gasteiger partial charge in [-0.25, -0.2) is 0 Å². The van der Waals surface area contributed by atoms with Crippen LogP contribution in [0, 0.1) is 22.7 Å². The summed E-state index contributed by atoms with van der Waals surface area (Å²) >= 11 is 0. The van der Waals surface area contributed by atoms with Gasteiger partial charge in [-0.2, -0.15) is 10.5 Å². The lowest BCUT2D eigenvalue weighted by molar-refractivity contribution is 0.794. The number of hydrogen-bond donors (Lipinski definition) is 0. The minimum absolute atomic E-state index is 0.589. The minimum Gasteiger partial charge on any atom is -0.309 e. The Morgan fingerprint density at radius 1 is 0.313 bits per heavy atom. The average Bonchev–Trinajstić information content (AvgIpc) is 3.86. The van der Waals surface area contributed by atoms with Crippen LogP contribution in [0.3, 0.4) is 0 Å². The number of anilines is 6. The molecule has 11 aromatic carbocycles. The van der Waals surface area contributed by atoms with Gasteiger partial charge in [0, 0.05) is 22.4 Å². The van der Waals surface area contributed by atoms with Crippen LogP contribution in [-0.2, 0) is 5.41 Å². The van der Waals surface area contributed by atoms with Crippen molar-refractivity contribution in [2.45, 2.75) is 5.41 Å². The van der Waals surface area contributed by atoms with Gasteiger partial charge in [0.25, 0.3) is 0 Å². The van der Waals surface area contributed by atoms with Crippen LogP contribution in [-0.4, -0.2) is 0 Å². The summed E-state index contributed by atoms with van der Waals surface area (Å²) in [5.41, 5.74) is 15.5. The molecule has 4 heteroatoms. The highest BCUT2D eigenvalue weighted by Gasteiger charge is 2.52. The van der Waals surface area contributed by atoms with Crippen molar-refractivity contribution in [3.63, 3.8) is 0 Å². The quantitative estimate of drug-likeness (QED) is 0.167. The second-order valence-corrected chi connectivity index (χ2v) is 17.4. The molecule has 0 N–H and O–H groups in total. The van der Waals surface area contributed by atoms with E-state index in [0.717, 1.165) is 72.0 Å². The standard InChI is InChI=1S/C63H38N4/c64-39-45-19-5-13-27-59(45)66(47-31-29-41-15-1-3-17-43(41)35-47)49-33-34-54-57(37-49)63(55-25-11-9-21-50(55)51-22-10-12-26-56(51)63)58-38-61(52-23-7-8-24-53(52)62(54)58)67(60-28-14-6-20-46(60)40-65)48-32-30-42-16-2-4-18-44(42)36-48/h1-38H. The number of rotatable bonds is 6. The molecule has 0 saturated heterocycles. The second-order valence-electron chi connectivity index (χ2n) is 17.4. The van der Waals surface area contributed by atoms with Gasteiger partial charge in [-0.3, -0.25) is 0 Å². The molecule has 0 saturated carbocycles. The van der Waals surface area contributed by atoms with E-state index in [-0.39, 0.29) is 0 Å². The first-order chi connectivity index (χ1) is 33.1. The summed E-state index contributed by atoms with van der Waals surface area (Å²) in [6.07, 6.45) is 0. The van der Waals surface area contributed by atoms with Crippen molar-refractivity contribution in [1.82, 2.24) is 0 Å². The zero-order chi connectivity index (χ0) is 44.6. The Balaban J connectivity index is 1.15. The van der Waals surface area contributed by atoms with Crippen LogP contribution in [0.1, 0.15) is 33.4 Å². The maximum absolute atomic E-state index is 10.7. The average molecular weight is 851 g/mol. The predicted octanol–water partition coefficient (Wildman–Crippen LogP) is 16.2. The van der Waals surface area contributed by atoms with E-state index in [1.807, 2.05) is 42.5 Å². The number of hydrogen-bond acceptors (Lipinski definition) is 4. The van der Waals surface area contributed by atoms with Gasteiger partial charge in [-0.15, -0.1) is 0 Å². The van der Waals surface area contributed by atoms with E-state index in [1.54, 1.807) is 0 Å². The maximum atomic E-state index is 10.7. The minimum atomic E-state index is -0.736. The van der Waals surface area contributed by atoms with Crippen molar-refractivity contribution in [1.29, 1.82) is 10.5 Å². The van der Waals surface area contributed by atoms with E-state index < -0.39 is 5.41 Å². The molecule has 0 heterocycles. The Morgan fingerprint density at radius 2 is 0.776 bits per heavy atom. The molecule has 0 radical (unpaired) electrons. The fourth-order valence-corrected chi connectivity index (χ4v) is 11.3. The fraction of sp³-hybridized carbons (Fsp3) is 0.0159. The molecule has 0 atom stereocenters. The maximum Gasteiger partial charge on any atom is 0.101 e. The molecule has 0 unspecified atom stereocenters. The number of nitrogens with zero attached hydrogens (tertiary/aromatic N) is 4. The topological polar surface area (TPSA) is 54.1 Å². The molecule has 2 aliphatic carbocycles. The molecular formula is C63H38N4. The zero-order valence-electron chi connectivity index (χ0n) is 36.2. The SMILES string of the molecule is N#Cc1ccccc1N(c1ccc2c(c1)C1(c3ccccc3-c3ccccc31)c1cc(N(c3ccc4ccccc4c3)c3ccccc3C#N)c3ccccc3c1-2)c1ccc2ccccc2c1. The third kappa shape index (κ3) is 5.58. The Hall–Kier alpha value is -9.22. The molecule has 310 valence electrons. The van der Waals surface area contributed by atoms with Crippen LogP contribution < -0.4 is 9.80 Å². The highest BCUT2D eigenvalue weighted by Crippen LogP contribution is 2.65. The van der Waals surface area contributed by atoms with Gasteiger partial charge in [0.1, 0.15) is 12.1 Å². The molecule has 2 aliphatic rings. The molecule has 0 bridgehead atoms. The monoisotopic (exact) mass is 850 g/mol. The van der Waals surface area contributed by atoms with Crippen LogP contribution in [0.2, 0.25) is 0 Å². The predicted molar refractivity (Wildman–Crippen MR) is 274 cm³/mol. The summed E-state index contributed by atoms with van der Waals surface area (Å²) in [5.74, 6) is 0. The number of benzene rings is 11. The zero-order valence-corrected chi connectivity index (χ0v) is 36.2. The normalized spacial score (nSPS) is 12.6. The van der Waals surface area contributed by atoms with Crippen LogP contribution in [0.15, 0.2) is 231 Å². The van der Waals surface area contributed by atoms with Crippen LogP contribution >= 0.6 is 0 Å². The van der Waals surface area contributed by atoms with E-state index in [9.17, 15) is 10.5 Å². The van der Waals surface area contributed by atoms with Gasteiger partial charge >= 0.3 is 0 Å². The molecule has 0 amide bonds. The van der Waals surface area contributed by atoms with Crippen molar-refractivity contribution >= 4 is 66.4 Å². The molecular weight excluding hydrogens is 813 g/mol. The Bertz CT molecular complexity index is 3900. The second kappa shape index (κ2) is 14.9. The van der Waals surface area contributed by atoms with E-state index >= 15 is 0 Å². The summed E-state index contributed by atoms with van der Waals surface area (Å²) in [6, 6.07) is 86.8. The third-order valence-corrected chi connectivity index (χ3v) is 14.1. The van der Waals surface area contributed by atoms with Crippen LogP contribution in [0.25, 0.3) is 54.6 Å². The summed E-state index contributed by atoms with van der Waals surface area (Å²) in [5, 5.41) is 28.1. The summed E-state index contributed by atoms with van der Waals surface area (Å²) < 4.78 is 0. The summed E-state index contributed by atoms with van der Waals surface area (Å²) in [6.45, 7) is 0. The molecule has 11 aromatic rings. The van der Waals surface area contributed by atoms with Gasteiger partial charge < -0.3 is 9.80 Å². The molecule has 0 aliphatic heterocycles. The van der Waals surface area contributed by atoms with E-state index in [2.05, 4.69) is 210 Å². The van der Waals surface area contributed by atoms with Gasteiger partial charge in [0.05, 0.1) is 33.6 Å². The smallest absolute Gasteiger partial charge is 0.101 e. The van der Waals surface area contributed by atoms with Gasteiger partial charge in [-0.1, -0.05) is 164 Å². The van der Waals surface area contributed by atoms with E-state index in [1.165, 1.54) is 38.9 Å². The van der Waals surface area contributed by atoms with Crippen molar-refractivity contribution < 1.29 is 0 Å². The fourth-order valence-electron chi connectivity index (χ4n) is 11.3. The van der Waals surface area contributed by atoms with Gasteiger partial charge in [0.2, 0.25) is 0 Å². The Labute approximate surface area is 388 Å². The summed E-state index contributed by atoms with van der Waals surface area (Å²) in [7, 11) is 0. The lowest BCUT2D eigenvalue weighted by Crippen LogP contribution is -2.26. The molecule has 0 fully saturated rings. The summed E-state index contributed by atoms with van der Waals surface area (Å²) in [4.78, 5) is 4.54. The van der Waals surface area contributed by atoms with Crippen LogP contribution in [0.4, 0.5) is 34.1 Å². The first-order valence-corrected chi connectivity index (χ1v) is 22.6. The number of nitriles is 2. The van der Waals surface area contributed by atoms with Crippen molar-refractivity contribution in [2.24, 2.45) is 0 Å². The molecule has 4 nitrogen and oxygen atoms in total. The van der Waals surface area contributed by atoms with E-state index in [0.29, 0.717) is 11.1 Å². The number of para-hydroxylation sites is 2. The molecule has 13 rings (SSSR count). The highest BCUT2D eigenvalue weighted by molar-refractivity contribution is 6.13. The van der Waals surface area contributed by atoms with E-state index in [4.69, 9.17) is 0 Å². The van der Waals surface area contributed by atoms with Crippen molar-refractivity contribution in [2.75, 3.05) is 9.80 Å². The van der Waals surface area contributed by atoms with Gasteiger partial charge in [-0.05, 0) is 138 Å². The molecule has 1 spiro atoms. The lowest BCUT2D eigenvalue weighted by Gasteiger charge is -2.34. The van der Waals surface area contributed by atoms with Crippen LogP contribution in [0.5, 0.6) is 0 Å². The first-order valence-electron chi connectivity index (χ1n) is 22.6. The highest BCUT2D eigenvalue weighted by atomic mass is 15.2. The lowest BCUT2D eigenvalue weighted by atomic mass is 9.70.